The highest BCUT2D eigenvalue weighted by Gasteiger charge is 2.09. The Labute approximate surface area is 124 Å². The van der Waals surface area contributed by atoms with E-state index in [1.54, 1.807) is 12.1 Å². The van der Waals surface area contributed by atoms with Crippen molar-refractivity contribution in [2.75, 3.05) is 6.61 Å². The molecule has 116 valence electrons. The molecule has 0 fully saturated rings. The predicted molar refractivity (Wildman–Crippen MR) is 80.7 cm³/mol. The number of rotatable bonds is 8. The van der Waals surface area contributed by atoms with Gasteiger partial charge in [0.1, 0.15) is 5.75 Å². The first kappa shape index (κ1) is 17.0. The molecule has 0 heterocycles. The van der Waals surface area contributed by atoms with Crippen LogP contribution in [-0.4, -0.2) is 18.4 Å². The monoisotopic (exact) mass is 293 g/mol. The Balaban J connectivity index is 2.42. The lowest BCUT2D eigenvalue weighted by Crippen LogP contribution is -2.29. The van der Waals surface area contributed by atoms with E-state index in [1.165, 1.54) is 0 Å². The maximum absolute atomic E-state index is 11.2. The fourth-order valence-electron chi connectivity index (χ4n) is 2.13. The molecule has 0 radical (unpaired) electrons. The molecule has 2 amide bonds. The first-order valence-electron chi connectivity index (χ1n) is 6.99. The van der Waals surface area contributed by atoms with E-state index in [0.717, 1.165) is 36.1 Å². The number of nitrogens with two attached hydrogens (primary N) is 2. The first-order chi connectivity index (χ1) is 9.95. The van der Waals surface area contributed by atoms with Crippen LogP contribution in [0.3, 0.4) is 0 Å². The van der Waals surface area contributed by atoms with E-state index < -0.39 is 5.91 Å². The molecule has 0 aliphatic rings. The van der Waals surface area contributed by atoms with Crippen LogP contribution in [0.4, 0.5) is 0 Å². The molecule has 0 aliphatic carbocycles. The van der Waals surface area contributed by atoms with Crippen LogP contribution in [0.15, 0.2) is 12.1 Å². The summed E-state index contributed by atoms with van der Waals surface area (Å²) < 4.78 is 5.76. The van der Waals surface area contributed by atoms with E-state index in [4.69, 9.17) is 16.3 Å². The van der Waals surface area contributed by atoms with Gasteiger partial charge >= 0.3 is 0 Å². The average molecular weight is 293 g/mol. The number of amides is 2. The van der Waals surface area contributed by atoms with Crippen LogP contribution in [-0.2, 0) is 4.79 Å². The van der Waals surface area contributed by atoms with Crippen molar-refractivity contribution in [3.63, 3.8) is 0 Å². The SMILES string of the molecule is Cc1cc(C(N)=O)cc(C)c1OCCCCCC(=O)NN. The Morgan fingerprint density at radius 3 is 2.29 bits per heavy atom. The molecule has 0 bridgehead atoms. The molecule has 0 saturated heterocycles. The third-order valence-electron chi connectivity index (χ3n) is 3.20. The van der Waals surface area contributed by atoms with E-state index in [1.807, 2.05) is 13.8 Å². The molecular formula is C15H23N3O3. The molecular weight excluding hydrogens is 270 g/mol. The highest BCUT2D eigenvalue weighted by molar-refractivity contribution is 5.93. The van der Waals surface area contributed by atoms with Crippen LogP contribution < -0.4 is 21.7 Å². The van der Waals surface area contributed by atoms with E-state index in [2.05, 4.69) is 5.43 Å². The third kappa shape index (κ3) is 5.43. The van der Waals surface area contributed by atoms with Crippen molar-refractivity contribution in [2.45, 2.75) is 39.5 Å². The Morgan fingerprint density at radius 2 is 1.76 bits per heavy atom. The number of primary amides is 1. The molecule has 6 heteroatoms. The smallest absolute Gasteiger partial charge is 0.248 e. The summed E-state index contributed by atoms with van der Waals surface area (Å²) in [6, 6.07) is 3.46. The molecule has 0 saturated carbocycles. The van der Waals surface area contributed by atoms with E-state index in [-0.39, 0.29) is 5.91 Å². The minimum atomic E-state index is -0.439. The van der Waals surface area contributed by atoms with Gasteiger partial charge < -0.3 is 10.5 Å². The van der Waals surface area contributed by atoms with E-state index in [9.17, 15) is 9.59 Å². The lowest BCUT2D eigenvalue weighted by molar-refractivity contribution is -0.121. The second-order valence-corrected chi connectivity index (χ2v) is 5.03. The quantitative estimate of drug-likeness (QED) is 0.291. The molecule has 0 unspecified atom stereocenters. The summed E-state index contributed by atoms with van der Waals surface area (Å²) in [5, 5.41) is 0. The number of hydrogen-bond acceptors (Lipinski definition) is 4. The number of benzene rings is 1. The van der Waals surface area contributed by atoms with Crippen LogP contribution in [0.1, 0.15) is 47.2 Å². The highest BCUT2D eigenvalue weighted by atomic mass is 16.5. The number of hydrazine groups is 1. The van der Waals surface area contributed by atoms with Crippen molar-refractivity contribution < 1.29 is 14.3 Å². The first-order valence-corrected chi connectivity index (χ1v) is 6.99. The third-order valence-corrected chi connectivity index (χ3v) is 3.20. The summed E-state index contributed by atoms with van der Waals surface area (Å²) in [5.41, 5.74) is 9.65. The zero-order chi connectivity index (χ0) is 15.8. The fraction of sp³-hybridized carbons (Fsp3) is 0.467. The summed E-state index contributed by atoms with van der Waals surface area (Å²) >= 11 is 0. The number of carbonyl (C=O) groups excluding carboxylic acids is 2. The minimum Gasteiger partial charge on any atom is -0.493 e. The van der Waals surface area contributed by atoms with Gasteiger partial charge in [-0.15, -0.1) is 0 Å². The second kappa shape index (κ2) is 8.26. The van der Waals surface area contributed by atoms with E-state index >= 15 is 0 Å². The van der Waals surface area contributed by atoms with Crippen molar-refractivity contribution in [2.24, 2.45) is 11.6 Å². The molecule has 1 rings (SSSR count). The topological polar surface area (TPSA) is 107 Å². The van der Waals surface area contributed by atoms with Crippen molar-refractivity contribution in [3.05, 3.63) is 28.8 Å². The maximum Gasteiger partial charge on any atom is 0.248 e. The van der Waals surface area contributed by atoms with Gasteiger partial charge in [-0.1, -0.05) is 0 Å². The van der Waals surface area contributed by atoms with Crippen LogP contribution in [0, 0.1) is 13.8 Å². The standard InChI is InChI=1S/C15H23N3O3/c1-10-8-12(15(16)20)9-11(2)14(10)21-7-5-3-4-6-13(19)18-17/h8-9H,3-7,17H2,1-2H3,(H2,16,20)(H,18,19). The number of aryl methyl sites for hydroxylation is 2. The summed E-state index contributed by atoms with van der Waals surface area (Å²) in [6.07, 6.45) is 2.96. The Kier molecular flexibility index (Phi) is 6.68. The van der Waals surface area contributed by atoms with Gasteiger partial charge in [-0.3, -0.25) is 15.0 Å². The van der Waals surface area contributed by atoms with Crippen LogP contribution in [0.2, 0.25) is 0 Å². The lowest BCUT2D eigenvalue weighted by atomic mass is 10.1. The summed E-state index contributed by atoms with van der Waals surface area (Å²) in [4.78, 5) is 22.1. The van der Waals surface area contributed by atoms with Crippen molar-refractivity contribution in [3.8, 4) is 5.75 Å². The van der Waals surface area contributed by atoms with Gasteiger partial charge in [0, 0.05) is 12.0 Å². The van der Waals surface area contributed by atoms with Crippen molar-refractivity contribution in [1.29, 1.82) is 0 Å². The van der Waals surface area contributed by atoms with Crippen LogP contribution in [0.5, 0.6) is 5.75 Å². The van der Waals surface area contributed by atoms with Gasteiger partial charge in [0.2, 0.25) is 11.8 Å². The van der Waals surface area contributed by atoms with Gasteiger partial charge in [0.05, 0.1) is 6.61 Å². The van der Waals surface area contributed by atoms with Gasteiger partial charge in [0.15, 0.2) is 0 Å². The Hall–Kier alpha value is -2.08. The molecule has 0 atom stereocenters. The van der Waals surface area contributed by atoms with Crippen molar-refractivity contribution >= 4 is 11.8 Å². The summed E-state index contributed by atoms with van der Waals surface area (Å²) in [6.45, 7) is 4.35. The molecule has 0 aromatic heterocycles. The highest BCUT2D eigenvalue weighted by Crippen LogP contribution is 2.25. The van der Waals surface area contributed by atoms with Crippen molar-refractivity contribution in [1.82, 2.24) is 5.43 Å². The number of unbranched alkanes of at least 4 members (excludes halogenated alkanes) is 2. The lowest BCUT2D eigenvalue weighted by Gasteiger charge is -2.13. The molecule has 1 aromatic carbocycles. The second-order valence-electron chi connectivity index (χ2n) is 5.03. The zero-order valence-electron chi connectivity index (χ0n) is 12.6. The molecule has 6 nitrogen and oxygen atoms in total. The largest absolute Gasteiger partial charge is 0.493 e. The summed E-state index contributed by atoms with van der Waals surface area (Å²) in [7, 11) is 0. The van der Waals surface area contributed by atoms with Gasteiger partial charge in [-0.2, -0.15) is 0 Å². The number of carbonyl (C=O) groups is 2. The zero-order valence-corrected chi connectivity index (χ0v) is 12.6. The average Bonchev–Trinajstić information content (AvgIpc) is 2.44. The normalized spacial score (nSPS) is 10.2. The van der Waals surface area contributed by atoms with Gasteiger partial charge in [-0.25, -0.2) is 5.84 Å². The maximum atomic E-state index is 11.2. The Morgan fingerprint density at radius 1 is 1.14 bits per heavy atom. The molecule has 1 aromatic rings. The Bertz CT molecular complexity index is 492. The number of hydrogen-bond donors (Lipinski definition) is 3. The fourth-order valence-corrected chi connectivity index (χ4v) is 2.13. The molecule has 0 spiro atoms. The van der Waals surface area contributed by atoms with Gasteiger partial charge in [0.25, 0.3) is 0 Å². The van der Waals surface area contributed by atoms with Crippen LogP contribution >= 0.6 is 0 Å². The predicted octanol–water partition coefficient (Wildman–Crippen LogP) is 1.33. The van der Waals surface area contributed by atoms with E-state index in [0.29, 0.717) is 18.6 Å². The number of ether oxygens (including phenoxy) is 1. The number of nitrogens with one attached hydrogen (secondary N) is 1. The molecule has 21 heavy (non-hydrogen) atoms. The molecule has 0 aliphatic heterocycles. The minimum absolute atomic E-state index is 0.148. The van der Waals surface area contributed by atoms with Crippen LogP contribution in [0.25, 0.3) is 0 Å². The van der Waals surface area contributed by atoms with Gasteiger partial charge in [-0.05, 0) is 56.4 Å². The summed E-state index contributed by atoms with van der Waals surface area (Å²) in [5.74, 6) is 5.20. The molecule has 5 N–H and O–H groups in total.